The number of aromatic nitrogens is 2. The van der Waals surface area contributed by atoms with Crippen LogP contribution in [0.1, 0.15) is 5.69 Å². The third-order valence-corrected chi connectivity index (χ3v) is 6.70. The quantitative estimate of drug-likeness (QED) is 0.477. The second-order valence-corrected chi connectivity index (χ2v) is 8.58. The Bertz CT molecular complexity index is 1090. The van der Waals surface area contributed by atoms with E-state index in [0.29, 0.717) is 32.7 Å². The fourth-order valence-corrected chi connectivity index (χ4v) is 4.79. The molecule has 0 N–H and O–H groups in total. The molecule has 2 aromatic heterocycles. The van der Waals surface area contributed by atoms with Crippen LogP contribution in [0, 0.1) is 10.1 Å². The molecule has 1 aromatic carbocycles. The monoisotopic (exact) mass is 401 g/mol. The summed E-state index contributed by atoms with van der Waals surface area (Å²) in [7, 11) is -3.75. The molecule has 9 nitrogen and oxygen atoms in total. The minimum Gasteiger partial charge on any atom is -0.295 e. The molecular formula is C18H19N5O4S. The van der Waals surface area contributed by atoms with Gasteiger partial charge in [0.25, 0.3) is 5.69 Å². The van der Waals surface area contributed by atoms with Crippen molar-refractivity contribution < 1.29 is 13.3 Å². The maximum Gasteiger partial charge on any atom is 0.270 e. The number of fused-ring (bicyclic) bond motifs is 1. The molecular weight excluding hydrogens is 382 g/mol. The van der Waals surface area contributed by atoms with E-state index in [2.05, 4.69) is 10.00 Å². The summed E-state index contributed by atoms with van der Waals surface area (Å²) in [6, 6.07) is 13.1. The number of nitrogens with zero attached hydrogens (tertiary/aromatic N) is 5. The molecule has 0 amide bonds. The highest BCUT2D eigenvalue weighted by Crippen LogP contribution is 2.22. The summed E-state index contributed by atoms with van der Waals surface area (Å²) in [5.74, 6) is 0. The largest absolute Gasteiger partial charge is 0.295 e. The van der Waals surface area contributed by atoms with Crippen LogP contribution in [0.2, 0.25) is 0 Å². The Balaban J connectivity index is 1.43. The molecule has 3 aromatic rings. The number of piperazine rings is 1. The van der Waals surface area contributed by atoms with Gasteiger partial charge < -0.3 is 0 Å². The van der Waals surface area contributed by atoms with Crippen molar-refractivity contribution in [3.05, 3.63) is 70.5 Å². The molecule has 1 aliphatic heterocycles. The second-order valence-electron chi connectivity index (χ2n) is 6.64. The van der Waals surface area contributed by atoms with Crippen LogP contribution >= 0.6 is 0 Å². The number of non-ortho nitro benzene ring substituents is 1. The second kappa shape index (κ2) is 7.30. The van der Waals surface area contributed by atoms with E-state index in [1.54, 1.807) is 0 Å². The fraction of sp³-hybridized carbons (Fsp3) is 0.278. The first-order valence-electron chi connectivity index (χ1n) is 8.84. The number of rotatable bonds is 5. The van der Waals surface area contributed by atoms with Crippen LogP contribution < -0.4 is 0 Å². The Morgan fingerprint density at radius 2 is 1.82 bits per heavy atom. The molecule has 0 spiro atoms. The van der Waals surface area contributed by atoms with Gasteiger partial charge >= 0.3 is 0 Å². The highest BCUT2D eigenvalue weighted by molar-refractivity contribution is 7.89. The van der Waals surface area contributed by atoms with Gasteiger partial charge in [-0.3, -0.25) is 15.0 Å². The van der Waals surface area contributed by atoms with E-state index in [-0.39, 0.29) is 10.6 Å². The van der Waals surface area contributed by atoms with Crippen LogP contribution in [-0.4, -0.2) is 58.3 Å². The van der Waals surface area contributed by atoms with Crippen molar-refractivity contribution in [1.82, 2.24) is 18.8 Å². The zero-order chi connectivity index (χ0) is 19.7. The lowest BCUT2D eigenvalue weighted by Gasteiger charge is -2.33. The van der Waals surface area contributed by atoms with E-state index in [1.165, 1.54) is 22.5 Å². The van der Waals surface area contributed by atoms with Crippen molar-refractivity contribution in [2.75, 3.05) is 26.2 Å². The van der Waals surface area contributed by atoms with Gasteiger partial charge in [0.2, 0.25) is 10.0 Å². The Hall–Kier alpha value is -2.82. The Morgan fingerprint density at radius 1 is 1.04 bits per heavy atom. The van der Waals surface area contributed by atoms with E-state index < -0.39 is 14.9 Å². The Kier molecular flexibility index (Phi) is 4.84. The normalized spacial score (nSPS) is 16.4. The lowest BCUT2D eigenvalue weighted by Crippen LogP contribution is -2.48. The van der Waals surface area contributed by atoms with Gasteiger partial charge in [-0.2, -0.15) is 9.40 Å². The zero-order valence-corrected chi connectivity index (χ0v) is 15.8. The number of pyridine rings is 1. The van der Waals surface area contributed by atoms with Gasteiger partial charge in [0.1, 0.15) is 0 Å². The minimum absolute atomic E-state index is 0.0458. The third-order valence-electron chi connectivity index (χ3n) is 4.80. The predicted molar refractivity (Wildman–Crippen MR) is 102 cm³/mol. The lowest BCUT2D eigenvalue weighted by atomic mass is 10.3. The van der Waals surface area contributed by atoms with E-state index in [9.17, 15) is 18.5 Å². The molecule has 28 heavy (non-hydrogen) atoms. The average molecular weight is 401 g/mol. The van der Waals surface area contributed by atoms with Crippen LogP contribution in [-0.2, 0) is 16.6 Å². The Morgan fingerprint density at radius 3 is 2.54 bits per heavy atom. The summed E-state index contributed by atoms with van der Waals surface area (Å²) in [4.78, 5) is 12.4. The van der Waals surface area contributed by atoms with Gasteiger partial charge in [0.05, 0.1) is 21.0 Å². The highest BCUT2D eigenvalue weighted by atomic mass is 32.2. The van der Waals surface area contributed by atoms with Crippen molar-refractivity contribution in [2.45, 2.75) is 11.4 Å². The van der Waals surface area contributed by atoms with E-state index in [0.717, 1.165) is 17.3 Å². The standard InChI is InChI=1S/C18H19N5O4S/c24-23(25)17-5-3-6-18(13-17)28(26,27)21-10-8-20(9-11-21)14-15-12-16-4-1-2-7-22(16)19-15/h1-7,12-13H,8-11,14H2. The van der Waals surface area contributed by atoms with Crippen LogP contribution in [0.3, 0.4) is 0 Å². The van der Waals surface area contributed by atoms with Gasteiger partial charge in [-0.25, -0.2) is 12.9 Å². The molecule has 4 rings (SSSR count). The number of hydrogen-bond acceptors (Lipinski definition) is 6. The Labute approximate surface area is 162 Å². The molecule has 3 heterocycles. The molecule has 0 radical (unpaired) electrons. The molecule has 1 aliphatic rings. The molecule has 1 saturated heterocycles. The molecule has 0 unspecified atom stereocenters. The maximum atomic E-state index is 12.8. The highest BCUT2D eigenvalue weighted by Gasteiger charge is 2.29. The van der Waals surface area contributed by atoms with Crippen molar-refractivity contribution in [3.8, 4) is 0 Å². The zero-order valence-electron chi connectivity index (χ0n) is 15.0. The van der Waals surface area contributed by atoms with Crippen molar-refractivity contribution in [1.29, 1.82) is 0 Å². The maximum absolute atomic E-state index is 12.8. The predicted octanol–water partition coefficient (Wildman–Crippen LogP) is 1.75. The van der Waals surface area contributed by atoms with E-state index >= 15 is 0 Å². The number of hydrogen-bond donors (Lipinski definition) is 0. The van der Waals surface area contributed by atoms with Crippen LogP contribution in [0.4, 0.5) is 5.69 Å². The van der Waals surface area contributed by atoms with Gasteiger partial charge in [-0.05, 0) is 24.3 Å². The molecule has 0 saturated carbocycles. The van der Waals surface area contributed by atoms with Gasteiger partial charge in [0, 0.05) is 51.1 Å². The summed E-state index contributed by atoms with van der Waals surface area (Å²) < 4.78 is 28.8. The number of benzene rings is 1. The summed E-state index contributed by atoms with van der Waals surface area (Å²) in [6.07, 6.45) is 1.89. The number of sulfonamides is 1. The summed E-state index contributed by atoms with van der Waals surface area (Å²) in [6.45, 7) is 2.45. The summed E-state index contributed by atoms with van der Waals surface area (Å²) in [5.41, 5.74) is 1.72. The smallest absolute Gasteiger partial charge is 0.270 e. The molecule has 1 fully saturated rings. The first kappa shape index (κ1) is 18.5. The lowest BCUT2D eigenvalue weighted by molar-refractivity contribution is -0.385. The molecule has 10 heteroatoms. The summed E-state index contributed by atoms with van der Waals surface area (Å²) in [5, 5.41) is 15.4. The minimum atomic E-state index is -3.75. The van der Waals surface area contributed by atoms with E-state index in [1.807, 2.05) is 35.0 Å². The average Bonchev–Trinajstić information content (AvgIpc) is 3.10. The first-order valence-corrected chi connectivity index (χ1v) is 10.3. The topological polar surface area (TPSA) is 101 Å². The first-order chi connectivity index (χ1) is 13.4. The van der Waals surface area contributed by atoms with Crippen molar-refractivity contribution in [3.63, 3.8) is 0 Å². The van der Waals surface area contributed by atoms with Crippen molar-refractivity contribution >= 4 is 21.2 Å². The molecule has 0 aliphatic carbocycles. The van der Waals surface area contributed by atoms with Crippen molar-refractivity contribution in [2.24, 2.45) is 0 Å². The molecule has 0 bridgehead atoms. The van der Waals surface area contributed by atoms with Crippen LogP contribution in [0.5, 0.6) is 0 Å². The number of nitro benzene ring substituents is 1. The third kappa shape index (κ3) is 3.61. The van der Waals surface area contributed by atoms with Gasteiger partial charge in [-0.15, -0.1) is 0 Å². The van der Waals surface area contributed by atoms with Crippen LogP contribution in [0.25, 0.3) is 5.52 Å². The molecule has 0 atom stereocenters. The number of nitro groups is 1. The fourth-order valence-electron chi connectivity index (χ4n) is 3.33. The summed E-state index contributed by atoms with van der Waals surface area (Å²) >= 11 is 0. The van der Waals surface area contributed by atoms with Gasteiger partial charge in [0.15, 0.2) is 0 Å². The van der Waals surface area contributed by atoms with Crippen LogP contribution in [0.15, 0.2) is 59.6 Å². The van der Waals surface area contributed by atoms with Gasteiger partial charge in [-0.1, -0.05) is 12.1 Å². The van der Waals surface area contributed by atoms with E-state index in [4.69, 9.17) is 0 Å². The SMILES string of the molecule is O=[N+]([O-])c1cccc(S(=O)(=O)N2CCN(Cc3cc4ccccn4n3)CC2)c1. The molecule has 146 valence electrons.